The summed E-state index contributed by atoms with van der Waals surface area (Å²) in [5.41, 5.74) is 6.74. The van der Waals surface area contributed by atoms with E-state index in [2.05, 4.69) is 53.7 Å². The van der Waals surface area contributed by atoms with E-state index in [1.165, 1.54) is 16.6 Å². The summed E-state index contributed by atoms with van der Waals surface area (Å²) in [5, 5.41) is 0.757. The van der Waals surface area contributed by atoms with Gasteiger partial charge in [-0.05, 0) is 47.5 Å². The normalized spacial score (nSPS) is 14.5. The highest BCUT2D eigenvalue weighted by molar-refractivity contribution is 6.30. The predicted molar refractivity (Wildman–Crippen MR) is 101 cm³/mol. The maximum atomic E-state index is 6.33. The minimum atomic E-state index is -0.134. The van der Waals surface area contributed by atoms with Crippen molar-refractivity contribution in [1.29, 1.82) is 0 Å². The molecule has 0 radical (unpaired) electrons. The summed E-state index contributed by atoms with van der Waals surface area (Å²) in [6.07, 6.45) is 3.61. The standard InChI is InChI=1S/C21H16ClN3/c1-21(2)15-4-3-5-17-19(15)25(18-7-6-14(22)12-16(18)21)20(24-17)13-8-10-23-11-9-13/h3-12H,1-2H3. The minimum Gasteiger partial charge on any atom is -0.292 e. The average molecular weight is 346 g/mol. The van der Waals surface area contributed by atoms with Crippen LogP contribution in [0.25, 0.3) is 28.1 Å². The molecule has 4 heteroatoms. The quantitative estimate of drug-likeness (QED) is 0.463. The molecule has 0 atom stereocenters. The van der Waals surface area contributed by atoms with E-state index in [0.717, 1.165) is 27.6 Å². The van der Waals surface area contributed by atoms with Crippen LogP contribution >= 0.6 is 11.6 Å². The number of halogens is 1. The average Bonchev–Trinajstić information content (AvgIpc) is 3.01. The molecular weight excluding hydrogens is 330 g/mol. The van der Waals surface area contributed by atoms with Crippen molar-refractivity contribution in [2.24, 2.45) is 0 Å². The first-order chi connectivity index (χ1) is 12.1. The Bertz CT molecular complexity index is 1130. The Balaban J connectivity index is 1.98. The first-order valence-electron chi connectivity index (χ1n) is 8.30. The van der Waals surface area contributed by atoms with E-state index in [-0.39, 0.29) is 5.41 Å². The molecule has 0 saturated heterocycles. The molecule has 0 amide bonds. The van der Waals surface area contributed by atoms with Gasteiger partial charge in [0, 0.05) is 28.4 Å². The smallest absolute Gasteiger partial charge is 0.145 e. The van der Waals surface area contributed by atoms with Gasteiger partial charge >= 0.3 is 0 Å². The Labute approximate surface area is 150 Å². The van der Waals surface area contributed by atoms with E-state index in [9.17, 15) is 0 Å². The van der Waals surface area contributed by atoms with E-state index in [0.29, 0.717) is 0 Å². The van der Waals surface area contributed by atoms with Crippen LogP contribution in [0.15, 0.2) is 60.9 Å². The van der Waals surface area contributed by atoms with E-state index in [4.69, 9.17) is 16.6 Å². The zero-order valence-electron chi connectivity index (χ0n) is 14.0. The second-order valence-corrected chi connectivity index (χ2v) is 7.40. The number of para-hydroxylation sites is 1. The molecule has 1 aliphatic rings. The van der Waals surface area contributed by atoms with Gasteiger partial charge in [-0.2, -0.15) is 0 Å². The number of benzene rings is 2. The highest BCUT2D eigenvalue weighted by Gasteiger charge is 2.35. The van der Waals surface area contributed by atoms with Crippen LogP contribution in [0.3, 0.4) is 0 Å². The monoisotopic (exact) mass is 345 g/mol. The summed E-state index contributed by atoms with van der Waals surface area (Å²) in [6.45, 7) is 4.50. The number of aromatic nitrogens is 3. The molecule has 25 heavy (non-hydrogen) atoms. The lowest BCUT2D eigenvalue weighted by Crippen LogP contribution is -2.26. The van der Waals surface area contributed by atoms with Gasteiger partial charge < -0.3 is 0 Å². The Hall–Kier alpha value is -2.65. The number of rotatable bonds is 1. The van der Waals surface area contributed by atoms with Gasteiger partial charge in [-0.25, -0.2) is 4.98 Å². The Morgan fingerprint density at radius 1 is 0.960 bits per heavy atom. The fraction of sp³-hybridized carbons (Fsp3) is 0.143. The van der Waals surface area contributed by atoms with Crippen LogP contribution in [0.5, 0.6) is 0 Å². The van der Waals surface area contributed by atoms with Crippen LogP contribution in [-0.2, 0) is 5.41 Å². The highest BCUT2D eigenvalue weighted by atomic mass is 35.5. The van der Waals surface area contributed by atoms with Crippen molar-refractivity contribution < 1.29 is 0 Å². The summed E-state index contributed by atoms with van der Waals surface area (Å²) in [5.74, 6) is 0.934. The maximum Gasteiger partial charge on any atom is 0.145 e. The van der Waals surface area contributed by atoms with Gasteiger partial charge in [-0.15, -0.1) is 0 Å². The number of pyridine rings is 1. The molecule has 0 saturated carbocycles. The second kappa shape index (κ2) is 4.93. The van der Waals surface area contributed by atoms with Gasteiger partial charge in [0.15, 0.2) is 0 Å². The van der Waals surface area contributed by atoms with Crippen molar-refractivity contribution in [1.82, 2.24) is 14.5 Å². The van der Waals surface area contributed by atoms with Crippen molar-refractivity contribution >= 4 is 22.6 Å². The molecule has 2 aromatic heterocycles. The van der Waals surface area contributed by atoms with Gasteiger partial charge in [0.2, 0.25) is 0 Å². The molecule has 0 spiro atoms. The topological polar surface area (TPSA) is 30.7 Å². The number of fused-ring (bicyclic) bond motifs is 2. The molecule has 0 unspecified atom stereocenters. The molecular formula is C21H16ClN3. The molecule has 0 fully saturated rings. The molecule has 0 N–H and O–H groups in total. The number of hydrogen-bond donors (Lipinski definition) is 0. The largest absolute Gasteiger partial charge is 0.292 e. The molecule has 1 aliphatic heterocycles. The van der Waals surface area contributed by atoms with Crippen LogP contribution in [0.1, 0.15) is 25.0 Å². The van der Waals surface area contributed by atoms with Gasteiger partial charge in [0.1, 0.15) is 5.82 Å². The van der Waals surface area contributed by atoms with Crippen LogP contribution in [0, 0.1) is 0 Å². The zero-order valence-corrected chi connectivity index (χ0v) is 14.7. The zero-order chi connectivity index (χ0) is 17.2. The molecule has 122 valence electrons. The van der Waals surface area contributed by atoms with Gasteiger partial charge in [-0.3, -0.25) is 9.55 Å². The fourth-order valence-electron chi connectivity index (χ4n) is 3.91. The van der Waals surface area contributed by atoms with E-state index < -0.39 is 0 Å². The van der Waals surface area contributed by atoms with E-state index in [1.54, 1.807) is 12.4 Å². The molecule has 5 rings (SSSR count). The second-order valence-electron chi connectivity index (χ2n) is 6.97. The first kappa shape index (κ1) is 14.7. The lowest BCUT2D eigenvalue weighted by atomic mass is 9.75. The molecule has 3 nitrogen and oxygen atoms in total. The van der Waals surface area contributed by atoms with Crippen molar-refractivity contribution in [3.63, 3.8) is 0 Å². The van der Waals surface area contributed by atoms with Crippen LogP contribution in [0.4, 0.5) is 0 Å². The molecule has 3 heterocycles. The first-order valence-corrected chi connectivity index (χ1v) is 8.68. The van der Waals surface area contributed by atoms with Gasteiger partial charge in [0.25, 0.3) is 0 Å². The number of imidazole rings is 1. The molecule has 0 bridgehead atoms. The summed E-state index contributed by atoms with van der Waals surface area (Å²) in [7, 11) is 0. The predicted octanol–water partition coefficient (Wildman–Crippen LogP) is 5.38. The lowest BCUT2D eigenvalue weighted by molar-refractivity contribution is 0.629. The third kappa shape index (κ3) is 1.93. The Kier molecular flexibility index (Phi) is 2.89. The molecule has 0 aliphatic carbocycles. The Morgan fingerprint density at radius 3 is 2.56 bits per heavy atom. The Morgan fingerprint density at radius 2 is 1.76 bits per heavy atom. The summed E-state index contributed by atoms with van der Waals surface area (Å²) in [6, 6.07) is 16.5. The van der Waals surface area contributed by atoms with Crippen LogP contribution in [-0.4, -0.2) is 14.5 Å². The minimum absolute atomic E-state index is 0.134. The molecule has 2 aromatic carbocycles. The summed E-state index contributed by atoms with van der Waals surface area (Å²) >= 11 is 6.33. The van der Waals surface area contributed by atoms with Crippen molar-refractivity contribution in [2.75, 3.05) is 0 Å². The van der Waals surface area contributed by atoms with Crippen molar-refractivity contribution in [2.45, 2.75) is 19.3 Å². The molecule has 4 aromatic rings. The lowest BCUT2D eigenvalue weighted by Gasteiger charge is -2.34. The van der Waals surface area contributed by atoms with Gasteiger partial charge in [0.05, 0.1) is 16.7 Å². The maximum absolute atomic E-state index is 6.33. The van der Waals surface area contributed by atoms with Crippen molar-refractivity contribution in [3.05, 3.63) is 77.1 Å². The fourth-order valence-corrected chi connectivity index (χ4v) is 4.08. The van der Waals surface area contributed by atoms with E-state index in [1.807, 2.05) is 18.2 Å². The third-order valence-electron chi connectivity index (χ3n) is 5.16. The number of nitrogens with zero attached hydrogens (tertiary/aromatic N) is 3. The van der Waals surface area contributed by atoms with Crippen LogP contribution < -0.4 is 0 Å². The highest BCUT2D eigenvalue weighted by Crippen LogP contribution is 2.46. The SMILES string of the molecule is CC1(C)c2cc(Cl)ccc2-n2c(-c3ccncc3)nc3cccc1c32. The van der Waals surface area contributed by atoms with Crippen LogP contribution in [0.2, 0.25) is 5.02 Å². The number of hydrogen-bond acceptors (Lipinski definition) is 2. The van der Waals surface area contributed by atoms with Crippen molar-refractivity contribution in [3.8, 4) is 17.1 Å². The van der Waals surface area contributed by atoms with E-state index >= 15 is 0 Å². The third-order valence-corrected chi connectivity index (χ3v) is 5.40. The van der Waals surface area contributed by atoms with Gasteiger partial charge in [-0.1, -0.05) is 37.6 Å². The summed E-state index contributed by atoms with van der Waals surface area (Å²) < 4.78 is 2.26. The summed E-state index contributed by atoms with van der Waals surface area (Å²) in [4.78, 5) is 9.08.